The Kier molecular flexibility index (Phi) is 3.35. The van der Waals surface area contributed by atoms with Gasteiger partial charge in [-0.05, 0) is 36.2 Å². The molecule has 2 aromatic rings. The second-order valence-electron chi connectivity index (χ2n) is 4.73. The van der Waals surface area contributed by atoms with Gasteiger partial charge in [-0.3, -0.25) is 4.79 Å². The van der Waals surface area contributed by atoms with Crippen LogP contribution in [0.1, 0.15) is 24.4 Å². The largest absolute Gasteiger partial charge is 0.508 e. The zero-order valence-corrected chi connectivity index (χ0v) is 10.9. The molecule has 20 heavy (non-hydrogen) atoms. The van der Waals surface area contributed by atoms with Crippen LogP contribution in [-0.4, -0.2) is 16.0 Å². The van der Waals surface area contributed by atoms with Crippen molar-refractivity contribution in [1.82, 2.24) is 10.4 Å². The van der Waals surface area contributed by atoms with Crippen LogP contribution < -0.4 is 10.4 Å². The molecule has 0 aliphatic carbocycles. The minimum Gasteiger partial charge on any atom is -0.508 e. The zero-order chi connectivity index (χ0) is 13.9. The summed E-state index contributed by atoms with van der Waals surface area (Å²) in [6.07, 6.45) is 2.86. The monoisotopic (exact) mass is 269 g/mol. The number of benzene rings is 1. The van der Waals surface area contributed by atoms with Crippen molar-refractivity contribution < 1.29 is 9.90 Å². The van der Waals surface area contributed by atoms with Crippen LogP contribution in [0.4, 0.5) is 5.82 Å². The molecule has 5 nitrogen and oxygen atoms in total. The van der Waals surface area contributed by atoms with Gasteiger partial charge in [-0.25, -0.2) is 15.4 Å². The van der Waals surface area contributed by atoms with Gasteiger partial charge in [0.25, 0.3) is 0 Å². The van der Waals surface area contributed by atoms with Gasteiger partial charge in [0.05, 0.1) is 6.04 Å². The maximum absolute atomic E-state index is 12.0. The summed E-state index contributed by atoms with van der Waals surface area (Å²) in [5.41, 5.74) is 4.23. The third-order valence-electron chi connectivity index (χ3n) is 3.36. The van der Waals surface area contributed by atoms with Crippen LogP contribution in [0.25, 0.3) is 0 Å². The van der Waals surface area contributed by atoms with E-state index >= 15 is 0 Å². The predicted molar refractivity (Wildman–Crippen MR) is 74.9 cm³/mol. The van der Waals surface area contributed by atoms with Gasteiger partial charge in [0.15, 0.2) is 0 Å². The van der Waals surface area contributed by atoms with Crippen LogP contribution in [0, 0.1) is 0 Å². The minimum absolute atomic E-state index is 0.0127. The zero-order valence-electron chi connectivity index (χ0n) is 10.9. The molecule has 0 spiro atoms. The molecule has 0 bridgehead atoms. The molecule has 1 aromatic carbocycles. The van der Waals surface area contributed by atoms with E-state index in [2.05, 4.69) is 10.4 Å². The van der Waals surface area contributed by atoms with Crippen molar-refractivity contribution in [2.24, 2.45) is 0 Å². The van der Waals surface area contributed by atoms with Gasteiger partial charge in [-0.2, -0.15) is 0 Å². The Hall–Kier alpha value is -2.40. The molecule has 102 valence electrons. The number of carbonyl (C=O) groups excluding carboxylic acids is 1. The van der Waals surface area contributed by atoms with E-state index in [0.29, 0.717) is 12.2 Å². The lowest BCUT2D eigenvalue weighted by molar-refractivity contribution is -0.121. The van der Waals surface area contributed by atoms with Crippen LogP contribution in [0.5, 0.6) is 5.75 Å². The molecule has 1 atom stereocenters. The maximum Gasteiger partial charge on any atom is 0.242 e. The lowest BCUT2D eigenvalue weighted by atomic mass is 10.0. The topological polar surface area (TPSA) is 65.5 Å². The van der Waals surface area contributed by atoms with Gasteiger partial charge in [0, 0.05) is 12.6 Å². The second-order valence-corrected chi connectivity index (χ2v) is 4.73. The van der Waals surface area contributed by atoms with Crippen molar-refractivity contribution in [3.63, 3.8) is 0 Å². The summed E-state index contributed by atoms with van der Waals surface area (Å²) in [5.74, 6) is 0.849. The van der Waals surface area contributed by atoms with E-state index in [1.54, 1.807) is 24.4 Å². The molecule has 0 radical (unpaired) electrons. The molecule has 1 amide bonds. The minimum atomic E-state index is 0.0127. The van der Waals surface area contributed by atoms with E-state index in [1.807, 2.05) is 24.3 Å². The molecule has 1 aliphatic rings. The average molecular weight is 269 g/mol. The molecule has 1 aliphatic heterocycles. The Morgan fingerprint density at radius 3 is 2.70 bits per heavy atom. The van der Waals surface area contributed by atoms with Gasteiger partial charge < -0.3 is 5.11 Å². The summed E-state index contributed by atoms with van der Waals surface area (Å²) in [6, 6.07) is 12.5. The summed E-state index contributed by atoms with van der Waals surface area (Å²) in [5, 5.41) is 10.8. The number of anilines is 1. The van der Waals surface area contributed by atoms with Crippen molar-refractivity contribution in [2.45, 2.75) is 18.9 Å². The standard InChI is InChI=1S/C15H15N3O2/c19-12-6-4-11(5-7-12)13-8-9-15(20)18(17-13)14-3-1-2-10-16-14/h1-7,10,13,17,19H,8-9H2. The number of rotatable bonds is 2. The van der Waals surface area contributed by atoms with Crippen LogP contribution in [0.2, 0.25) is 0 Å². The smallest absolute Gasteiger partial charge is 0.242 e. The molecule has 3 rings (SSSR count). The molecule has 1 aromatic heterocycles. The Balaban J connectivity index is 1.83. The van der Waals surface area contributed by atoms with E-state index in [0.717, 1.165) is 12.0 Å². The number of phenols is 1. The van der Waals surface area contributed by atoms with Crippen LogP contribution in [0.15, 0.2) is 48.7 Å². The average Bonchev–Trinajstić information content (AvgIpc) is 2.50. The number of amides is 1. The first-order chi connectivity index (χ1) is 9.74. The third-order valence-corrected chi connectivity index (χ3v) is 3.36. The number of hydrazine groups is 1. The SMILES string of the molecule is O=C1CCC(c2ccc(O)cc2)NN1c1ccccn1. The number of carbonyl (C=O) groups is 1. The second kappa shape index (κ2) is 5.30. The van der Waals surface area contributed by atoms with Crippen LogP contribution in [0.3, 0.4) is 0 Å². The molecule has 1 unspecified atom stereocenters. The number of nitrogens with zero attached hydrogens (tertiary/aromatic N) is 2. The number of phenolic OH excluding ortho intramolecular Hbond substituents is 1. The maximum atomic E-state index is 12.0. The fourth-order valence-corrected chi connectivity index (χ4v) is 2.30. The quantitative estimate of drug-likeness (QED) is 0.876. The lowest BCUT2D eigenvalue weighted by Crippen LogP contribution is -2.49. The van der Waals surface area contributed by atoms with E-state index in [-0.39, 0.29) is 17.7 Å². The van der Waals surface area contributed by atoms with Crippen molar-refractivity contribution >= 4 is 11.7 Å². The number of pyridine rings is 1. The first kappa shape index (κ1) is 12.6. The first-order valence-electron chi connectivity index (χ1n) is 6.53. The van der Waals surface area contributed by atoms with Gasteiger partial charge in [-0.1, -0.05) is 18.2 Å². The lowest BCUT2D eigenvalue weighted by Gasteiger charge is -2.33. The van der Waals surface area contributed by atoms with Crippen LogP contribution in [-0.2, 0) is 4.79 Å². The Morgan fingerprint density at radius 1 is 1.20 bits per heavy atom. The highest BCUT2D eigenvalue weighted by atomic mass is 16.3. The summed E-state index contributed by atoms with van der Waals surface area (Å²) in [7, 11) is 0. The fraction of sp³-hybridized carbons (Fsp3) is 0.200. The molecule has 5 heteroatoms. The summed E-state index contributed by atoms with van der Waals surface area (Å²) < 4.78 is 0. The number of hydrogen-bond acceptors (Lipinski definition) is 4. The first-order valence-corrected chi connectivity index (χ1v) is 6.53. The molecule has 2 heterocycles. The number of aromatic nitrogens is 1. The van der Waals surface area contributed by atoms with Crippen molar-refractivity contribution in [1.29, 1.82) is 0 Å². The van der Waals surface area contributed by atoms with E-state index in [9.17, 15) is 9.90 Å². The van der Waals surface area contributed by atoms with Crippen molar-refractivity contribution in [3.05, 3.63) is 54.2 Å². The molecule has 1 fully saturated rings. The predicted octanol–water partition coefficient (Wildman–Crippen LogP) is 2.16. The van der Waals surface area contributed by atoms with Gasteiger partial charge >= 0.3 is 0 Å². The Bertz CT molecular complexity index is 598. The fourth-order valence-electron chi connectivity index (χ4n) is 2.30. The Labute approximate surface area is 116 Å². The summed E-state index contributed by atoms with van der Waals surface area (Å²) in [4.78, 5) is 16.2. The van der Waals surface area contributed by atoms with E-state index in [4.69, 9.17) is 0 Å². The molecule has 1 saturated heterocycles. The van der Waals surface area contributed by atoms with Crippen molar-refractivity contribution in [3.8, 4) is 5.75 Å². The van der Waals surface area contributed by atoms with Crippen molar-refractivity contribution in [2.75, 3.05) is 5.01 Å². The van der Waals surface area contributed by atoms with E-state index < -0.39 is 0 Å². The number of hydrogen-bond donors (Lipinski definition) is 2. The highest BCUT2D eigenvalue weighted by molar-refractivity contribution is 5.92. The van der Waals surface area contributed by atoms with Gasteiger partial charge in [-0.15, -0.1) is 0 Å². The Morgan fingerprint density at radius 2 is 2.00 bits per heavy atom. The normalized spacial score (nSPS) is 19.1. The molecular weight excluding hydrogens is 254 g/mol. The molecule has 0 saturated carbocycles. The van der Waals surface area contributed by atoms with E-state index in [1.165, 1.54) is 5.01 Å². The molecule has 2 N–H and O–H groups in total. The highest BCUT2D eigenvalue weighted by Gasteiger charge is 2.27. The third kappa shape index (κ3) is 2.48. The highest BCUT2D eigenvalue weighted by Crippen LogP contribution is 2.26. The summed E-state index contributed by atoms with van der Waals surface area (Å²) in [6.45, 7) is 0. The van der Waals surface area contributed by atoms with Gasteiger partial charge in [0.2, 0.25) is 5.91 Å². The van der Waals surface area contributed by atoms with Gasteiger partial charge in [0.1, 0.15) is 11.6 Å². The summed E-state index contributed by atoms with van der Waals surface area (Å²) >= 11 is 0. The van der Waals surface area contributed by atoms with Crippen LogP contribution >= 0.6 is 0 Å². The number of nitrogens with one attached hydrogen (secondary N) is 1. The number of aromatic hydroxyl groups is 1. The molecular formula is C15H15N3O2.